The number of hydrogen-bond donors (Lipinski definition) is 1. The van der Waals surface area contributed by atoms with Crippen molar-refractivity contribution in [2.24, 2.45) is 0 Å². The average molecular weight is 152 g/mol. The predicted octanol–water partition coefficient (Wildman–Crippen LogP) is 1.87. The van der Waals surface area contributed by atoms with Crippen LogP contribution in [0, 0.1) is 4.77 Å². The van der Waals surface area contributed by atoms with E-state index in [4.69, 9.17) is 12.2 Å². The number of aromatic nitrogens is 2. The maximum absolute atomic E-state index is 4.76. The van der Waals surface area contributed by atoms with E-state index in [0.29, 0.717) is 4.77 Å². The summed E-state index contributed by atoms with van der Waals surface area (Å²) in [5.41, 5.74) is 1.10. The van der Waals surface area contributed by atoms with Crippen LogP contribution in [0.2, 0.25) is 0 Å². The van der Waals surface area contributed by atoms with Gasteiger partial charge in [0.25, 0.3) is 0 Å². The molecule has 2 nitrogen and oxygen atoms in total. The molecule has 0 spiro atoms. The summed E-state index contributed by atoms with van der Waals surface area (Å²) >= 11 is 4.76. The third-order valence-corrected chi connectivity index (χ3v) is 1.33. The smallest absolute Gasteiger partial charge is 0.196 e. The molecule has 0 atom stereocenters. The fourth-order valence-electron chi connectivity index (χ4n) is 0.649. The van der Waals surface area contributed by atoms with E-state index in [2.05, 4.69) is 16.5 Å². The van der Waals surface area contributed by atoms with Crippen LogP contribution in [0.25, 0.3) is 0 Å². The standard InChI is InChI=1S/C7H8N2S/c1-2-3-6-4-8-7(10)9-5-6/h2,4-5H,1,3H2,(H,8,9,10). The van der Waals surface area contributed by atoms with Gasteiger partial charge in [0.05, 0.1) is 0 Å². The minimum atomic E-state index is 0.521. The van der Waals surface area contributed by atoms with Crippen molar-refractivity contribution in [3.8, 4) is 0 Å². The first-order valence-corrected chi connectivity index (χ1v) is 3.38. The van der Waals surface area contributed by atoms with E-state index in [0.717, 1.165) is 12.0 Å². The third-order valence-electron chi connectivity index (χ3n) is 1.11. The Hall–Kier alpha value is -0.960. The van der Waals surface area contributed by atoms with Crippen molar-refractivity contribution in [1.82, 2.24) is 9.97 Å². The zero-order valence-corrected chi connectivity index (χ0v) is 6.32. The van der Waals surface area contributed by atoms with Crippen molar-refractivity contribution < 1.29 is 0 Å². The summed E-state index contributed by atoms with van der Waals surface area (Å²) in [6.07, 6.45) is 6.25. The minimum absolute atomic E-state index is 0.521. The van der Waals surface area contributed by atoms with Crippen LogP contribution in [-0.4, -0.2) is 9.97 Å². The monoisotopic (exact) mass is 152 g/mol. The van der Waals surface area contributed by atoms with E-state index < -0.39 is 0 Å². The van der Waals surface area contributed by atoms with Crippen molar-refractivity contribution in [2.75, 3.05) is 0 Å². The second kappa shape index (κ2) is 3.27. The van der Waals surface area contributed by atoms with Gasteiger partial charge >= 0.3 is 0 Å². The Morgan fingerprint density at radius 2 is 2.60 bits per heavy atom. The molecule has 0 aromatic carbocycles. The summed E-state index contributed by atoms with van der Waals surface area (Å²) < 4.78 is 0.521. The minimum Gasteiger partial charge on any atom is -0.337 e. The molecule has 0 aliphatic heterocycles. The van der Waals surface area contributed by atoms with E-state index in [-0.39, 0.29) is 0 Å². The second-order valence-corrected chi connectivity index (χ2v) is 2.31. The molecule has 0 aliphatic carbocycles. The van der Waals surface area contributed by atoms with Gasteiger partial charge in [-0.05, 0) is 24.2 Å². The fraction of sp³-hybridized carbons (Fsp3) is 0.143. The van der Waals surface area contributed by atoms with Crippen molar-refractivity contribution >= 4 is 12.2 Å². The number of nitrogens with one attached hydrogen (secondary N) is 1. The molecule has 1 aromatic rings. The Labute approximate surface area is 64.6 Å². The Morgan fingerprint density at radius 3 is 3.10 bits per heavy atom. The molecule has 0 bridgehead atoms. The lowest BCUT2D eigenvalue weighted by Gasteiger charge is -1.91. The van der Waals surface area contributed by atoms with Gasteiger partial charge in [0.15, 0.2) is 4.77 Å². The average Bonchev–Trinajstić information content (AvgIpc) is 1.95. The summed E-state index contributed by atoms with van der Waals surface area (Å²) in [7, 11) is 0. The molecule has 1 rings (SSSR count). The van der Waals surface area contributed by atoms with Crippen LogP contribution in [0.3, 0.4) is 0 Å². The molecule has 52 valence electrons. The van der Waals surface area contributed by atoms with Crippen LogP contribution in [0.1, 0.15) is 5.56 Å². The summed E-state index contributed by atoms with van der Waals surface area (Å²) in [5, 5.41) is 0. The van der Waals surface area contributed by atoms with Crippen LogP contribution in [0.4, 0.5) is 0 Å². The predicted molar refractivity (Wildman–Crippen MR) is 43.3 cm³/mol. The van der Waals surface area contributed by atoms with Crippen molar-refractivity contribution in [1.29, 1.82) is 0 Å². The molecule has 0 amide bonds. The van der Waals surface area contributed by atoms with Gasteiger partial charge in [-0.3, -0.25) is 0 Å². The van der Waals surface area contributed by atoms with Gasteiger partial charge in [0, 0.05) is 12.4 Å². The summed E-state index contributed by atoms with van der Waals surface area (Å²) in [5.74, 6) is 0. The van der Waals surface area contributed by atoms with Gasteiger partial charge in [0.2, 0.25) is 0 Å². The maximum Gasteiger partial charge on any atom is 0.196 e. The molecular weight excluding hydrogens is 144 g/mol. The Balaban J connectivity index is 2.89. The summed E-state index contributed by atoms with van der Waals surface area (Å²) in [4.78, 5) is 6.75. The Bertz CT molecular complexity index is 257. The number of rotatable bonds is 2. The normalized spacial score (nSPS) is 9.20. The van der Waals surface area contributed by atoms with Crippen LogP contribution in [0.5, 0.6) is 0 Å². The number of aromatic amines is 1. The van der Waals surface area contributed by atoms with E-state index in [1.54, 1.807) is 6.20 Å². The van der Waals surface area contributed by atoms with Crippen molar-refractivity contribution in [3.63, 3.8) is 0 Å². The highest BCUT2D eigenvalue weighted by molar-refractivity contribution is 7.71. The molecule has 1 N–H and O–H groups in total. The Morgan fingerprint density at radius 1 is 1.80 bits per heavy atom. The Kier molecular flexibility index (Phi) is 2.34. The molecule has 1 heterocycles. The first kappa shape index (κ1) is 7.15. The largest absolute Gasteiger partial charge is 0.337 e. The second-order valence-electron chi connectivity index (χ2n) is 1.92. The van der Waals surface area contributed by atoms with Gasteiger partial charge in [-0.1, -0.05) is 6.08 Å². The summed E-state index contributed by atoms with van der Waals surface area (Å²) in [6.45, 7) is 3.61. The maximum atomic E-state index is 4.76. The van der Waals surface area contributed by atoms with Crippen molar-refractivity contribution in [2.45, 2.75) is 6.42 Å². The van der Waals surface area contributed by atoms with E-state index in [9.17, 15) is 0 Å². The van der Waals surface area contributed by atoms with Gasteiger partial charge in [-0.25, -0.2) is 4.98 Å². The lowest BCUT2D eigenvalue weighted by molar-refractivity contribution is 1.07. The van der Waals surface area contributed by atoms with Gasteiger partial charge in [-0.15, -0.1) is 6.58 Å². The van der Waals surface area contributed by atoms with Crippen LogP contribution < -0.4 is 0 Å². The van der Waals surface area contributed by atoms with Gasteiger partial charge < -0.3 is 4.98 Å². The first-order valence-electron chi connectivity index (χ1n) is 2.97. The lowest BCUT2D eigenvalue weighted by Crippen LogP contribution is -1.85. The molecular formula is C7H8N2S. The fourth-order valence-corrected chi connectivity index (χ4v) is 0.760. The number of nitrogens with zero attached hydrogens (tertiary/aromatic N) is 1. The highest BCUT2D eigenvalue weighted by atomic mass is 32.1. The molecule has 0 saturated carbocycles. The molecule has 0 fully saturated rings. The van der Waals surface area contributed by atoms with Gasteiger partial charge in [-0.2, -0.15) is 0 Å². The number of hydrogen-bond acceptors (Lipinski definition) is 2. The van der Waals surface area contributed by atoms with Crippen LogP contribution in [0.15, 0.2) is 25.0 Å². The molecule has 0 saturated heterocycles. The number of allylic oxidation sites excluding steroid dienone is 1. The van der Waals surface area contributed by atoms with E-state index >= 15 is 0 Å². The summed E-state index contributed by atoms with van der Waals surface area (Å²) in [6, 6.07) is 0. The zero-order valence-electron chi connectivity index (χ0n) is 5.50. The highest BCUT2D eigenvalue weighted by Crippen LogP contribution is 1.94. The molecule has 3 heteroatoms. The molecule has 0 aliphatic rings. The quantitative estimate of drug-likeness (QED) is 0.517. The molecule has 0 radical (unpaired) electrons. The third kappa shape index (κ3) is 1.77. The first-order chi connectivity index (χ1) is 4.83. The molecule has 1 aromatic heterocycles. The van der Waals surface area contributed by atoms with E-state index in [1.165, 1.54) is 0 Å². The zero-order chi connectivity index (χ0) is 7.40. The van der Waals surface area contributed by atoms with Crippen LogP contribution >= 0.6 is 12.2 Å². The van der Waals surface area contributed by atoms with E-state index in [1.807, 2.05) is 12.3 Å². The topological polar surface area (TPSA) is 28.7 Å². The molecule has 0 unspecified atom stereocenters. The lowest BCUT2D eigenvalue weighted by atomic mass is 10.2. The van der Waals surface area contributed by atoms with Crippen LogP contribution in [-0.2, 0) is 6.42 Å². The number of H-pyrrole nitrogens is 1. The highest BCUT2D eigenvalue weighted by Gasteiger charge is 1.85. The SMILES string of the molecule is C=CCc1cnc(=S)[nH]c1. The van der Waals surface area contributed by atoms with Crippen molar-refractivity contribution in [3.05, 3.63) is 35.4 Å². The molecule has 10 heavy (non-hydrogen) atoms. The van der Waals surface area contributed by atoms with Gasteiger partial charge in [0.1, 0.15) is 0 Å².